The first-order chi connectivity index (χ1) is 10.6. The smallest absolute Gasteiger partial charge is 0.234 e. The Kier molecular flexibility index (Phi) is 8.20. The molecule has 1 aliphatic rings. The number of allylic oxidation sites excluding steroid dienone is 2. The average molecular weight is 311 g/mol. The molecule has 0 amide bonds. The van der Waals surface area contributed by atoms with Gasteiger partial charge >= 0.3 is 0 Å². The largest absolute Gasteiger partial charge is 0.495 e. The summed E-state index contributed by atoms with van der Waals surface area (Å²) in [6, 6.07) is 0. The molecule has 0 aromatic carbocycles. The normalized spacial score (nSPS) is 20.8. The van der Waals surface area contributed by atoms with E-state index < -0.39 is 11.7 Å². The van der Waals surface area contributed by atoms with Gasteiger partial charge < -0.3 is 20.2 Å². The van der Waals surface area contributed by atoms with E-state index in [9.17, 15) is 10.2 Å². The number of ether oxygens (including phenoxy) is 1. The molecule has 1 unspecified atom stereocenters. The summed E-state index contributed by atoms with van der Waals surface area (Å²) >= 11 is 0. The topological polar surface area (TPSA) is 82.3 Å². The van der Waals surface area contributed by atoms with Crippen molar-refractivity contribution in [1.29, 1.82) is 0 Å². The lowest BCUT2D eigenvalue weighted by atomic mass is 9.87. The predicted molar refractivity (Wildman–Crippen MR) is 86.7 cm³/mol. The monoisotopic (exact) mass is 311 g/mol. The minimum atomic E-state index is -2.16. The summed E-state index contributed by atoms with van der Waals surface area (Å²) in [5.74, 6) is -2.89. The van der Waals surface area contributed by atoms with Crippen LogP contribution in [0.4, 0.5) is 0 Å². The third-order valence-corrected chi connectivity index (χ3v) is 4.05. The summed E-state index contributed by atoms with van der Waals surface area (Å²) in [5.41, 5.74) is 0.981. The highest BCUT2D eigenvalue weighted by Gasteiger charge is 2.40. The molecule has 22 heavy (non-hydrogen) atoms. The van der Waals surface area contributed by atoms with Crippen molar-refractivity contribution < 1.29 is 20.2 Å². The van der Waals surface area contributed by atoms with E-state index in [1.54, 1.807) is 12.2 Å². The molecule has 1 atom stereocenters. The lowest BCUT2D eigenvalue weighted by Crippen LogP contribution is -2.42. The van der Waals surface area contributed by atoms with Crippen molar-refractivity contribution in [2.24, 2.45) is 11.1 Å². The first-order valence-electron chi connectivity index (χ1n) is 8.15. The van der Waals surface area contributed by atoms with Gasteiger partial charge in [-0.2, -0.15) is 0 Å². The second-order valence-electron chi connectivity index (χ2n) is 5.84. The molecule has 126 valence electrons. The maximum atomic E-state index is 10.1. The molecule has 0 radical (unpaired) electrons. The summed E-state index contributed by atoms with van der Waals surface area (Å²) in [4.78, 5) is 0. The number of oxime groups is 1. The van der Waals surface area contributed by atoms with Crippen LogP contribution in [0.1, 0.15) is 58.3 Å². The Bertz CT molecular complexity index is 413. The number of unbranched alkanes of at least 4 members (excludes halogenated alkanes) is 6. The van der Waals surface area contributed by atoms with E-state index in [2.05, 4.69) is 12.1 Å². The van der Waals surface area contributed by atoms with Crippen LogP contribution in [0.2, 0.25) is 0 Å². The summed E-state index contributed by atoms with van der Waals surface area (Å²) in [6.45, 7) is 2.21. The molecule has 0 fully saturated rings. The standard InChI is InChI=1S/C17H29NO4/c1-3-4-5-6-7-8-9-10-14-11-15(13-18-21)17(19,20)16(12-14)22-2/h11-13,15,19-21H,3-10H2,1-2H3/b18-13-. The Morgan fingerprint density at radius 3 is 2.41 bits per heavy atom. The van der Waals surface area contributed by atoms with Crippen molar-refractivity contribution in [3.05, 3.63) is 23.5 Å². The van der Waals surface area contributed by atoms with Gasteiger partial charge in [0.15, 0.2) is 5.76 Å². The molecular weight excluding hydrogens is 282 g/mol. The predicted octanol–water partition coefficient (Wildman–Crippen LogP) is 3.35. The lowest BCUT2D eigenvalue weighted by Gasteiger charge is -2.31. The molecule has 0 aromatic rings. The van der Waals surface area contributed by atoms with Crippen molar-refractivity contribution in [2.75, 3.05) is 7.11 Å². The van der Waals surface area contributed by atoms with E-state index in [0.717, 1.165) is 24.6 Å². The van der Waals surface area contributed by atoms with Gasteiger partial charge in [-0.3, -0.25) is 0 Å². The summed E-state index contributed by atoms with van der Waals surface area (Å²) < 4.78 is 5.06. The van der Waals surface area contributed by atoms with Gasteiger partial charge in [0.25, 0.3) is 0 Å². The summed E-state index contributed by atoms with van der Waals surface area (Å²) in [7, 11) is 1.40. The number of aliphatic hydroxyl groups is 2. The summed E-state index contributed by atoms with van der Waals surface area (Å²) in [6.07, 6.45) is 14.0. The van der Waals surface area contributed by atoms with Gasteiger partial charge in [-0.1, -0.05) is 51.5 Å². The first-order valence-corrected chi connectivity index (χ1v) is 8.15. The molecular formula is C17H29NO4. The van der Waals surface area contributed by atoms with Crippen molar-refractivity contribution in [3.8, 4) is 0 Å². The molecule has 5 nitrogen and oxygen atoms in total. The molecule has 0 aromatic heterocycles. The van der Waals surface area contributed by atoms with Crippen LogP contribution in [-0.2, 0) is 4.74 Å². The minimum absolute atomic E-state index is 0.0813. The van der Waals surface area contributed by atoms with Crippen LogP contribution in [0.25, 0.3) is 0 Å². The second-order valence-corrected chi connectivity index (χ2v) is 5.84. The van der Waals surface area contributed by atoms with Crippen LogP contribution >= 0.6 is 0 Å². The van der Waals surface area contributed by atoms with E-state index in [0.29, 0.717) is 0 Å². The highest BCUT2D eigenvalue weighted by atomic mass is 16.6. The van der Waals surface area contributed by atoms with Crippen molar-refractivity contribution in [1.82, 2.24) is 0 Å². The van der Waals surface area contributed by atoms with Gasteiger partial charge in [0.2, 0.25) is 5.79 Å². The molecule has 0 saturated heterocycles. The molecule has 0 spiro atoms. The van der Waals surface area contributed by atoms with Gasteiger partial charge in [0.1, 0.15) is 0 Å². The fraction of sp³-hybridized carbons (Fsp3) is 0.706. The molecule has 0 aliphatic heterocycles. The van der Waals surface area contributed by atoms with E-state index in [1.807, 2.05) is 0 Å². The van der Waals surface area contributed by atoms with Crippen LogP contribution in [0.5, 0.6) is 0 Å². The zero-order valence-corrected chi connectivity index (χ0v) is 13.7. The highest BCUT2D eigenvalue weighted by molar-refractivity contribution is 5.66. The van der Waals surface area contributed by atoms with E-state index in [1.165, 1.54) is 45.6 Å². The van der Waals surface area contributed by atoms with E-state index in [-0.39, 0.29) is 5.76 Å². The molecule has 5 heteroatoms. The SMILES string of the molecule is CCCCCCCCCC1=CC(/C=N\O)C(O)(O)C(OC)=C1. The molecule has 3 N–H and O–H groups in total. The van der Waals surface area contributed by atoms with Crippen LogP contribution < -0.4 is 0 Å². The maximum Gasteiger partial charge on any atom is 0.234 e. The molecule has 0 saturated carbocycles. The van der Waals surface area contributed by atoms with Crippen molar-refractivity contribution in [2.45, 2.75) is 64.1 Å². The maximum absolute atomic E-state index is 10.1. The third-order valence-electron chi connectivity index (χ3n) is 4.05. The molecule has 1 rings (SSSR count). The van der Waals surface area contributed by atoms with Gasteiger partial charge in [-0.05, 0) is 24.5 Å². The van der Waals surface area contributed by atoms with Gasteiger partial charge in [-0.25, -0.2) is 0 Å². The fourth-order valence-electron chi connectivity index (χ4n) is 2.70. The number of methoxy groups -OCH3 is 1. The lowest BCUT2D eigenvalue weighted by molar-refractivity contribution is -0.169. The first kappa shape index (κ1) is 18.7. The minimum Gasteiger partial charge on any atom is -0.495 e. The van der Waals surface area contributed by atoms with E-state index in [4.69, 9.17) is 9.94 Å². The average Bonchev–Trinajstić information content (AvgIpc) is 2.49. The van der Waals surface area contributed by atoms with Crippen molar-refractivity contribution in [3.63, 3.8) is 0 Å². The van der Waals surface area contributed by atoms with Gasteiger partial charge in [-0.15, -0.1) is 5.16 Å². The quantitative estimate of drug-likeness (QED) is 0.190. The zero-order valence-electron chi connectivity index (χ0n) is 13.7. The Balaban J connectivity index is 2.50. The number of rotatable bonds is 10. The van der Waals surface area contributed by atoms with Crippen molar-refractivity contribution >= 4 is 6.21 Å². The number of hydrogen-bond acceptors (Lipinski definition) is 5. The molecule has 1 aliphatic carbocycles. The Morgan fingerprint density at radius 2 is 1.82 bits per heavy atom. The molecule has 0 heterocycles. The van der Waals surface area contributed by atoms with Crippen LogP contribution in [0, 0.1) is 5.92 Å². The number of nitrogens with zero attached hydrogens (tertiary/aromatic N) is 1. The van der Waals surface area contributed by atoms with Crippen LogP contribution in [0.15, 0.2) is 28.6 Å². The second kappa shape index (κ2) is 9.64. The summed E-state index contributed by atoms with van der Waals surface area (Å²) in [5, 5.41) is 31.7. The highest BCUT2D eigenvalue weighted by Crippen LogP contribution is 2.32. The van der Waals surface area contributed by atoms with Gasteiger partial charge in [0, 0.05) is 0 Å². The Hall–Kier alpha value is -1.33. The van der Waals surface area contributed by atoms with Gasteiger partial charge in [0.05, 0.1) is 19.2 Å². The Labute approximate surface area is 133 Å². The Morgan fingerprint density at radius 1 is 1.18 bits per heavy atom. The molecule has 0 bridgehead atoms. The fourth-order valence-corrected chi connectivity index (χ4v) is 2.70. The number of hydrogen-bond donors (Lipinski definition) is 3. The van der Waals surface area contributed by atoms with Crippen LogP contribution in [0.3, 0.4) is 0 Å². The van der Waals surface area contributed by atoms with E-state index >= 15 is 0 Å². The van der Waals surface area contributed by atoms with Crippen LogP contribution in [-0.4, -0.2) is 34.5 Å². The zero-order chi connectivity index (χ0) is 16.4. The third kappa shape index (κ3) is 5.46.